The van der Waals surface area contributed by atoms with Gasteiger partial charge in [0.1, 0.15) is 6.61 Å². The zero-order chi connectivity index (χ0) is 13.8. The lowest BCUT2D eigenvalue weighted by Gasteiger charge is -2.08. The maximum atomic E-state index is 13.4. The van der Waals surface area contributed by atoms with Gasteiger partial charge in [0.05, 0.1) is 5.56 Å². The van der Waals surface area contributed by atoms with Crippen molar-refractivity contribution in [1.29, 1.82) is 0 Å². The summed E-state index contributed by atoms with van der Waals surface area (Å²) in [6, 6.07) is 10.7. The minimum Gasteiger partial charge on any atom is -0.486 e. The molecule has 0 saturated carbocycles. The first kappa shape index (κ1) is 13.5. The molecule has 0 aliphatic carbocycles. The fourth-order valence-electron chi connectivity index (χ4n) is 1.54. The average molecular weight is 325 g/mol. The number of carboxylic acid groups (broad SMARTS) is 1. The minimum atomic E-state index is -1.00. The third-order valence-electron chi connectivity index (χ3n) is 2.46. The van der Waals surface area contributed by atoms with Crippen LogP contribution in [0.15, 0.2) is 46.9 Å². The molecule has 0 unspecified atom stereocenters. The van der Waals surface area contributed by atoms with E-state index >= 15 is 0 Å². The van der Waals surface area contributed by atoms with Crippen LogP contribution in [0.2, 0.25) is 0 Å². The van der Waals surface area contributed by atoms with Crippen molar-refractivity contribution in [2.24, 2.45) is 0 Å². The Kier molecular flexibility index (Phi) is 4.16. The van der Waals surface area contributed by atoms with Crippen molar-refractivity contribution >= 4 is 21.9 Å². The third-order valence-corrected chi connectivity index (χ3v) is 2.95. The molecule has 0 aromatic heterocycles. The molecule has 3 nitrogen and oxygen atoms in total. The van der Waals surface area contributed by atoms with E-state index in [0.717, 1.165) is 0 Å². The Labute approximate surface area is 117 Å². The molecular formula is C14H10BrFO3. The number of aromatic carboxylic acids is 1. The third kappa shape index (κ3) is 3.54. The molecule has 2 rings (SSSR count). The van der Waals surface area contributed by atoms with Gasteiger partial charge in [-0.05, 0) is 35.9 Å². The standard InChI is InChI=1S/C14H10BrFO3/c15-11-4-5-12(16)13(7-11)19-8-9-2-1-3-10(6-9)14(17)18/h1-7H,8H2,(H,17,18). The number of halogens is 2. The van der Waals surface area contributed by atoms with Crippen molar-refractivity contribution in [3.8, 4) is 5.75 Å². The zero-order valence-electron chi connectivity index (χ0n) is 9.77. The van der Waals surface area contributed by atoms with Gasteiger partial charge in [0.15, 0.2) is 11.6 Å². The molecule has 0 spiro atoms. The smallest absolute Gasteiger partial charge is 0.335 e. The number of hydrogen-bond donors (Lipinski definition) is 1. The summed E-state index contributed by atoms with van der Waals surface area (Å²) in [5.74, 6) is -1.34. The maximum absolute atomic E-state index is 13.4. The molecule has 0 heterocycles. The van der Waals surface area contributed by atoms with Gasteiger partial charge in [-0.3, -0.25) is 0 Å². The second kappa shape index (κ2) is 5.84. The number of benzene rings is 2. The van der Waals surface area contributed by atoms with Crippen molar-refractivity contribution < 1.29 is 19.0 Å². The largest absolute Gasteiger partial charge is 0.486 e. The summed E-state index contributed by atoms with van der Waals surface area (Å²) in [4.78, 5) is 10.8. The summed E-state index contributed by atoms with van der Waals surface area (Å²) < 4.78 is 19.5. The Morgan fingerprint density at radius 3 is 2.79 bits per heavy atom. The van der Waals surface area contributed by atoms with Gasteiger partial charge in [-0.2, -0.15) is 0 Å². The van der Waals surface area contributed by atoms with Crippen LogP contribution in [0.5, 0.6) is 5.75 Å². The van der Waals surface area contributed by atoms with Crippen LogP contribution < -0.4 is 4.74 Å². The first-order chi connectivity index (χ1) is 9.06. The van der Waals surface area contributed by atoms with Crippen molar-refractivity contribution in [2.75, 3.05) is 0 Å². The highest BCUT2D eigenvalue weighted by Crippen LogP contribution is 2.23. The first-order valence-corrected chi connectivity index (χ1v) is 6.25. The highest BCUT2D eigenvalue weighted by atomic mass is 79.9. The maximum Gasteiger partial charge on any atom is 0.335 e. The van der Waals surface area contributed by atoms with Crippen LogP contribution in [-0.4, -0.2) is 11.1 Å². The van der Waals surface area contributed by atoms with E-state index in [1.54, 1.807) is 18.2 Å². The summed E-state index contributed by atoms with van der Waals surface area (Å²) in [5, 5.41) is 8.87. The Bertz CT molecular complexity index is 613. The number of ether oxygens (including phenoxy) is 1. The van der Waals surface area contributed by atoms with Gasteiger partial charge in [-0.15, -0.1) is 0 Å². The van der Waals surface area contributed by atoms with Crippen LogP contribution in [0.4, 0.5) is 4.39 Å². The molecule has 0 amide bonds. The molecule has 0 aliphatic rings. The van der Waals surface area contributed by atoms with E-state index in [4.69, 9.17) is 9.84 Å². The zero-order valence-corrected chi connectivity index (χ0v) is 11.4. The Morgan fingerprint density at radius 2 is 2.05 bits per heavy atom. The van der Waals surface area contributed by atoms with Crippen LogP contribution in [-0.2, 0) is 6.61 Å². The lowest BCUT2D eigenvalue weighted by Crippen LogP contribution is -2.01. The van der Waals surface area contributed by atoms with E-state index in [9.17, 15) is 9.18 Å². The van der Waals surface area contributed by atoms with Crippen LogP contribution in [0.3, 0.4) is 0 Å². The quantitative estimate of drug-likeness (QED) is 0.928. The van der Waals surface area contributed by atoms with Gasteiger partial charge >= 0.3 is 5.97 Å². The SMILES string of the molecule is O=C(O)c1cccc(COc2cc(Br)ccc2F)c1. The Morgan fingerprint density at radius 1 is 1.26 bits per heavy atom. The molecule has 0 fully saturated rings. The molecule has 0 bridgehead atoms. The summed E-state index contributed by atoms with van der Waals surface area (Å²) in [6.07, 6.45) is 0. The minimum absolute atomic E-state index is 0.106. The van der Waals surface area contributed by atoms with Gasteiger partial charge in [0.2, 0.25) is 0 Å². The van der Waals surface area contributed by atoms with E-state index in [2.05, 4.69) is 15.9 Å². The molecule has 98 valence electrons. The lowest BCUT2D eigenvalue weighted by atomic mass is 10.1. The fourth-order valence-corrected chi connectivity index (χ4v) is 1.88. The molecule has 5 heteroatoms. The molecule has 19 heavy (non-hydrogen) atoms. The Balaban J connectivity index is 2.12. The summed E-state index contributed by atoms with van der Waals surface area (Å²) >= 11 is 3.23. The molecule has 0 saturated heterocycles. The number of hydrogen-bond acceptors (Lipinski definition) is 2. The second-order valence-corrected chi connectivity index (χ2v) is 4.78. The normalized spacial score (nSPS) is 10.2. The molecular weight excluding hydrogens is 315 g/mol. The average Bonchev–Trinajstić information content (AvgIpc) is 2.40. The van der Waals surface area contributed by atoms with Gasteiger partial charge < -0.3 is 9.84 Å². The van der Waals surface area contributed by atoms with Crippen LogP contribution in [0.1, 0.15) is 15.9 Å². The molecule has 1 N–H and O–H groups in total. The van der Waals surface area contributed by atoms with Crippen molar-refractivity contribution in [1.82, 2.24) is 0 Å². The molecule has 0 atom stereocenters. The van der Waals surface area contributed by atoms with E-state index in [-0.39, 0.29) is 17.9 Å². The molecule has 0 radical (unpaired) electrons. The number of carbonyl (C=O) groups is 1. The van der Waals surface area contributed by atoms with E-state index in [1.807, 2.05) is 0 Å². The highest BCUT2D eigenvalue weighted by Gasteiger charge is 2.06. The van der Waals surface area contributed by atoms with Crippen LogP contribution in [0.25, 0.3) is 0 Å². The molecule has 2 aromatic rings. The van der Waals surface area contributed by atoms with Crippen molar-refractivity contribution in [2.45, 2.75) is 6.61 Å². The predicted molar refractivity (Wildman–Crippen MR) is 71.8 cm³/mol. The van der Waals surface area contributed by atoms with E-state index in [1.165, 1.54) is 24.3 Å². The van der Waals surface area contributed by atoms with E-state index < -0.39 is 11.8 Å². The Hall–Kier alpha value is -1.88. The number of carboxylic acids is 1. The van der Waals surface area contributed by atoms with Gasteiger partial charge in [-0.1, -0.05) is 28.1 Å². The van der Waals surface area contributed by atoms with Crippen LogP contribution >= 0.6 is 15.9 Å². The van der Waals surface area contributed by atoms with E-state index in [0.29, 0.717) is 10.0 Å². The summed E-state index contributed by atoms with van der Waals surface area (Å²) in [6.45, 7) is 0.106. The topological polar surface area (TPSA) is 46.5 Å². The fraction of sp³-hybridized carbons (Fsp3) is 0.0714. The summed E-state index contributed by atoms with van der Waals surface area (Å²) in [5.41, 5.74) is 0.843. The molecule has 0 aliphatic heterocycles. The van der Waals surface area contributed by atoms with Gasteiger partial charge in [0.25, 0.3) is 0 Å². The summed E-state index contributed by atoms with van der Waals surface area (Å²) in [7, 11) is 0. The highest BCUT2D eigenvalue weighted by molar-refractivity contribution is 9.10. The van der Waals surface area contributed by atoms with Gasteiger partial charge in [0, 0.05) is 4.47 Å². The van der Waals surface area contributed by atoms with Gasteiger partial charge in [-0.25, -0.2) is 9.18 Å². The van der Waals surface area contributed by atoms with Crippen LogP contribution in [0, 0.1) is 5.82 Å². The lowest BCUT2D eigenvalue weighted by molar-refractivity contribution is 0.0696. The van der Waals surface area contributed by atoms with Crippen molar-refractivity contribution in [3.63, 3.8) is 0 Å². The predicted octanol–water partition coefficient (Wildman–Crippen LogP) is 3.87. The number of rotatable bonds is 4. The monoisotopic (exact) mass is 324 g/mol. The molecule has 2 aromatic carbocycles. The van der Waals surface area contributed by atoms with Crippen molar-refractivity contribution in [3.05, 3.63) is 63.9 Å². The first-order valence-electron chi connectivity index (χ1n) is 5.46. The second-order valence-electron chi connectivity index (χ2n) is 3.87.